The first-order chi connectivity index (χ1) is 4.91. The van der Waals surface area contributed by atoms with Crippen molar-refractivity contribution in [3.8, 4) is 0 Å². The molecule has 0 aromatic heterocycles. The number of hydrogen-bond acceptors (Lipinski definition) is 2. The predicted octanol–water partition coefficient (Wildman–Crippen LogP) is 1.31. The van der Waals surface area contributed by atoms with E-state index in [4.69, 9.17) is 0 Å². The van der Waals surface area contributed by atoms with E-state index >= 15 is 0 Å². The van der Waals surface area contributed by atoms with Crippen LogP contribution in [0.2, 0.25) is 6.32 Å². The van der Waals surface area contributed by atoms with Crippen LogP contribution in [-0.2, 0) is 0 Å². The molecule has 0 aromatic carbocycles. The molecule has 0 saturated carbocycles. The quantitative estimate of drug-likeness (QED) is 0.271. The maximum atomic E-state index is 4.62. The molecule has 0 amide bonds. The zero-order valence-corrected chi connectivity index (χ0v) is 5.80. The van der Waals surface area contributed by atoms with Gasteiger partial charge in [-0.3, -0.25) is 0 Å². The van der Waals surface area contributed by atoms with Gasteiger partial charge in [0.15, 0.2) is 0 Å². The average molecular weight is 140 g/mol. The molecule has 2 N–H and O–H groups in total. The van der Waals surface area contributed by atoms with Crippen molar-refractivity contribution in [2.45, 2.75) is 19.7 Å². The normalized spacial score (nSPS) is 11.7. The van der Waals surface area contributed by atoms with Crippen LogP contribution in [0.4, 0.5) is 0 Å². The Balaban J connectivity index is 3.32. The van der Waals surface area contributed by atoms with E-state index in [9.17, 15) is 0 Å². The first-order valence-electron chi connectivity index (χ1n) is 2.93. The Morgan fingerprint density at radius 2 is 2.10 bits per heavy atom. The Morgan fingerprint density at radius 1 is 1.30 bits per heavy atom. The molecule has 0 aliphatic heterocycles. The van der Waals surface area contributed by atoms with Gasteiger partial charge in [-0.15, -0.1) is 0 Å². The molecular weight excluding hydrogens is 131 g/mol. The Labute approximate surface area is 59.5 Å². The predicted molar refractivity (Wildman–Crippen MR) is 37.2 cm³/mol. The Hall–Kier alpha value is -1.14. The fourth-order valence-corrected chi connectivity index (χ4v) is 0.287. The van der Waals surface area contributed by atoms with Gasteiger partial charge in [-0.05, 0) is 0 Å². The van der Waals surface area contributed by atoms with Crippen LogP contribution in [-0.4, -0.2) is 7.07 Å². The molecule has 0 aliphatic carbocycles. The summed E-state index contributed by atoms with van der Waals surface area (Å²) in [6.45, 7) is 2.04. The monoisotopic (exact) mass is 140 g/mol. The van der Waals surface area contributed by atoms with Crippen LogP contribution in [0.15, 0.2) is 25.9 Å². The molecule has 0 aromatic rings. The fraction of sp³-hybridized carbons (Fsp3) is 1.00. The van der Waals surface area contributed by atoms with Gasteiger partial charge in [0.05, 0.1) is 0 Å². The summed E-state index contributed by atoms with van der Waals surface area (Å²) in [5, 5.41) is 15.8. The third-order valence-electron chi connectivity index (χ3n) is 0.683. The van der Waals surface area contributed by atoms with E-state index in [-0.39, 0.29) is 0 Å². The SMILES string of the molecule is CCCB=NN=NN=NN. The molecule has 0 rings (SSSR count). The molecule has 0 unspecified atom stereocenters. The van der Waals surface area contributed by atoms with E-state index in [0.717, 1.165) is 12.7 Å². The number of nitrogens with two attached hydrogens (primary N) is 1. The van der Waals surface area contributed by atoms with Gasteiger partial charge in [0.25, 0.3) is 0 Å². The van der Waals surface area contributed by atoms with Gasteiger partial charge < -0.3 is 0 Å². The van der Waals surface area contributed by atoms with Crippen LogP contribution in [0.3, 0.4) is 0 Å². The second-order valence-electron chi connectivity index (χ2n) is 1.47. The summed E-state index contributed by atoms with van der Waals surface area (Å²) in [4.78, 5) is 0. The summed E-state index contributed by atoms with van der Waals surface area (Å²) in [6, 6.07) is 0. The van der Waals surface area contributed by atoms with Crippen LogP contribution in [0.1, 0.15) is 13.3 Å². The molecule has 0 heterocycles. The molecule has 6 nitrogen and oxygen atoms in total. The zero-order valence-electron chi connectivity index (χ0n) is 5.80. The zero-order chi connectivity index (χ0) is 7.66. The van der Waals surface area contributed by atoms with Crippen molar-refractivity contribution in [2.75, 3.05) is 0 Å². The molecule has 0 bridgehead atoms. The summed E-state index contributed by atoms with van der Waals surface area (Å²) in [5.41, 5.74) is 0. The van der Waals surface area contributed by atoms with Crippen LogP contribution < -0.4 is 5.84 Å². The minimum atomic E-state index is 0.888. The second kappa shape index (κ2) is 7.86. The first kappa shape index (κ1) is 8.86. The summed E-state index contributed by atoms with van der Waals surface area (Å²) in [6.07, 6.45) is 1.93. The van der Waals surface area contributed by atoms with Crippen LogP contribution in [0, 0.1) is 0 Å². The molecular formula is C3H9BN6. The number of rotatable bonds is 4. The van der Waals surface area contributed by atoms with Gasteiger partial charge in [-0.25, -0.2) is 0 Å². The third kappa shape index (κ3) is 6.86. The Kier molecular flexibility index (Phi) is 6.97. The van der Waals surface area contributed by atoms with Crippen molar-refractivity contribution in [3.63, 3.8) is 0 Å². The van der Waals surface area contributed by atoms with Crippen LogP contribution in [0.5, 0.6) is 0 Å². The molecule has 0 fully saturated rings. The summed E-state index contributed by atoms with van der Waals surface area (Å²) < 4.78 is 0. The average Bonchev–Trinajstić information content (AvgIpc) is 1.97. The molecule has 10 heavy (non-hydrogen) atoms. The standard InChI is InChI=1S/C3H9BN6/c1-2-3-4-6-8-10-9-7-5/h2-3H2,1H3,(H2,5,8,9). The van der Waals surface area contributed by atoms with E-state index in [1.165, 1.54) is 0 Å². The van der Waals surface area contributed by atoms with E-state index < -0.39 is 0 Å². The topological polar surface area (TPSA) is 87.8 Å². The van der Waals surface area contributed by atoms with Gasteiger partial charge in [0.1, 0.15) is 0 Å². The molecule has 0 radical (unpaired) electrons. The van der Waals surface area contributed by atoms with Crippen LogP contribution >= 0.6 is 0 Å². The van der Waals surface area contributed by atoms with Gasteiger partial charge >= 0.3 is 58.5 Å². The van der Waals surface area contributed by atoms with E-state index in [0.29, 0.717) is 0 Å². The Bertz CT molecular complexity index is 140. The summed E-state index contributed by atoms with van der Waals surface area (Å²) >= 11 is 0. The first-order valence-corrected chi connectivity index (χ1v) is 2.93. The van der Waals surface area contributed by atoms with Gasteiger partial charge in [0, 0.05) is 0 Å². The molecule has 0 saturated heterocycles. The minimum absolute atomic E-state index is 0.888. The third-order valence-corrected chi connectivity index (χ3v) is 0.683. The molecule has 54 valence electrons. The van der Waals surface area contributed by atoms with E-state index in [2.05, 4.69) is 31.7 Å². The van der Waals surface area contributed by atoms with Crippen molar-refractivity contribution < 1.29 is 0 Å². The molecule has 0 aliphatic rings. The van der Waals surface area contributed by atoms with Crippen LogP contribution in [0.25, 0.3) is 0 Å². The van der Waals surface area contributed by atoms with Crippen molar-refractivity contribution in [1.29, 1.82) is 0 Å². The van der Waals surface area contributed by atoms with Gasteiger partial charge in [-0.1, -0.05) is 0 Å². The van der Waals surface area contributed by atoms with Gasteiger partial charge in [0.2, 0.25) is 0 Å². The van der Waals surface area contributed by atoms with Crippen molar-refractivity contribution in [2.24, 2.45) is 31.7 Å². The molecule has 7 heteroatoms. The number of nitrogens with zero attached hydrogens (tertiary/aromatic N) is 5. The fourth-order valence-electron chi connectivity index (χ4n) is 0.287. The van der Waals surface area contributed by atoms with Gasteiger partial charge in [-0.2, -0.15) is 0 Å². The Morgan fingerprint density at radius 3 is 2.70 bits per heavy atom. The summed E-state index contributed by atoms with van der Waals surface area (Å²) in [5.74, 6) is 4.62. The maximum absolute atomic E-state index is 4.62. The molecule has 0 spiro atoms. The van der Waals surface area contributed by atoms with Crippen molar-refractivity contribution >= 4 is 7.07 Å². The second-order valence-corrected chi connectivity index (χ2v) is 1.47. The van der Waals surface area contributed by atoms with Crippen molar-refractivity contribution in [3.05, 3.63) is 0 Å². The number of hydrogen-bond donors (Lipinski definition) is 1. The van der Waals surface area contributed by atoms with Crippen molar-refractivity contribution in [1.82, 2.24) is 0 Å². The summed E-state index contributed by atoms with van der Waals surface area (Å²) in [7, 11) is 1.65. The van der Waals surface area contributed by atoms with E-state index in [1.807, 2.05) is 6.92 Å². The molecule has 0 atom stereocenters. The van der Waals surface area contributed by atoms with E-state index in [1.54, 1.807) is 7.07 Å².